The predicted molar refractivity (Wildman–Crippen MR) is 76.1 cm³/mol. The quantitative estimate of drug-likeness (QED) is 0.794. The third-order valence-corrected chi connectivity index (χ3v) is 3.47. The molecular weight excluding hydrogens is 270 g/mol. The number of benzene rings is 1. The van der Waals surface area contributed by atoms with Gasteiger partial charge in [-0.25, -0.2) is 0 Å². The van der Waals surface area contributed by atoms with Crippen molar-refractivity contribution in [3.63, 3.8) is 0 Å². The Balaban J connectivity index is 1.77. The Bertz CT molecular complexity index is 693. The summed E-state index contributed by atoms with van der Waals surface area (Å²) in [5, 5.41) is 2.95. The number of aromatic amines is 1. The molecule has 2 amide bonds. The molecule has 0 saturated carbocycles. The molecule has 1 atom stereocenters. The van der Waals surface area contributed by atoms with Crippen molar-refractivity contribution in [2.75, 3.05) is 6.61 Å². The predicted octanol–water partition coefficient (Wildman–Crippen LogP) is 1.37. The van der Waals surface area contributed by atoms with Crippen LogP contribution in [0, 0.1) is 0 Å². The van der Waals surface area contributed by atoms with E-state index in [1.54, 1.807) is 0 Å². The van der Waals surface area contributed by atoms with Crippen molar-refractivity contribution >= 4 is 11.8 Å². The van der Waals surface area contributed by atoms with Crippen molar-refractivity contribution in [2.24, 2.45) is 5.73 Å². The van der Waals surface area contributed by atoms with Gasteiger partial charge < -0.3 is 20.8 Å². The number of ether oxygens (including phenoxy) is 1. The molecule has 1 aromatic carbocycles. The van der Waals surface area contributed by atoms with E-state index >= 15 is 0 Å². The number of primary amides is 1. The zero-order valence-electron chi connectivity index (χ0n) is 11.3. The zero-order chi connectivity index (χ0) is 14.8. The second-order valence-corrected chi connectivity index (χ2v) is 4.87. The van der Waals surface area contributed by atoms with Gasteiger partial charge in [0, 0.05) is 18.2 Å². The molecule has 2 heterocycles. The van der Waals surface area contributed by atoms with Gasteiger partial charge >= 0.3 is 0 Å². The molecule has 1 aliphatic rings. The number of para-hydroxylation sites is 1. The molecule has 0 radical (unpaired) electrons. The first-order valence-corrected chi connectivity index (χ1v) is 6.66. The van der Waals surface area contributed by atoms with Gasteiger partial charge in [-0.2, -0.15) is 0 Å². The van der Waals surface area contributed by atoms with Crippen LogP contribution in [0.4, 0.5) is 0 Å². The smallest absolute Gasteiger partial charge is 0.265 e. The van der Waals surface area contributed by atoms with Gasteiger partial charge in [0.25, 0.3) is 11.8 Å². The molecule has 1 aromatic heterocycles. The molecular formula is C15H15N3O3. The Morgan fingerprint density at radius 2 is 2.14 bits per heavy atom. The largest absolute Gasteiger partial charge is 0.493 e. The van der Waals surface area contributed by atoms with Gasteiger partial charge in [-0.15, -0.1) is 0 Å². The number of hydrogen-bond donors (Lipinski definition) is 3. The lowest BCUT2D eigenvalue weighted by atomic mass is 10.0. The average Bonchev–Trinajstić information content (AvgIpc) is 2.98. The van der Waals surface area contributed by atoms with E-state index in [0.29, 0.717) is 18.6 Å². The van der Waals surface area contributed by atoms with Gasteiger partial charge in [-0.3, -0.25) is 9.59 Å². The number of nitrogens with one attached hydrogen (secondary N) is 2. The molecule has 6 heteroatoms. The standard InChI is InChI=1S/C15H15N3O3/c16-14(19)12-7-9(8-17-12)15(20)18-11-5-6-21-13-4-2-1-3-10(11)13/h1-4,7-8,11,17H,5-6H2,(H2,16,19)(H,18,20). The topological polar surface area (TPSA) is 97.2 Å². The van der Waals surface area contributed by atoms with Crippen LogP contribution >= 0.6 is 0 Å². The summed E-state index contributed by atoms with van der Waals surface area (Å²) in [6.07, 6.45) is 2.18. The van der Waals surface area contributed by atoms with Gasteiger partial charge in [0.2, 0.25) is 0 Å². The van der Waals surface area contributed by atoms with E-state index in [4.69, 9.17) is 10.5 Å². The average molecular weight is 285 g/mol. The lowest BCUT2D eigenvalue weighted by Crippen LogP contribution is -2.31. The van der Waals surface area contributed by atoms with E-state index in [0.717, 1.165) is 11.3 Å². The van der Waals surface area contributed by atoms with Gasteiger partial charge in [0.1, 0.15) is 11.4 Å². The van der Waals surface area contributed by atoms with Crippen LogP contribution in [0.1, 0.15) is 38.9 Å². The molecule has 108 valence electrons. The molecule has 0 fully saturated rings. The third kappa shape index (κ3) is 2.60. The van der Waals surface area contributed by atoms with Gasteiger partial charge in [0.15, 0.2) is 0 Å². The Morgan fingerprint density at radius 1 is 1.33 bits per heavy atom. The van der Waals surface area contributed by atoms with Crippen LogP contribution in [-0.2, 0) is 0 Å². The molecule has 1 unspecified atom stereocenters. The van der Waals surface area contributed by atoms with Gasteiger partial charge in [0.05, 0.1) is 18.2 Å². The number of H-pyrrole nitrogens is 1. The molecule has 3 rings (SSSR count). The molecule has 0 spiro atoms. The molecule has 0 bridgehead atoms. The van der Waals surface area contributed by atoms with Crippen molar-refractivity contribution in [2.45, 2.75) is 12.5 Å². The van der Waals surface area contributed by atoms with Crippen LogP contribution in [0.25, 0.3) is 0 Å². The van der Waals surface area contributed by atoms with E-state index in [2.05, 4.69) is 10.3 Å². The van der Waals surface area contributed by atoms with Crippen molar-refractivity contribution in [3.05, 3.63) is 53.3 Å². The summed E-state index contributed by atoms with van der Waals surface area (Å²) in [5.41, 5.74) is 6.71. The fourth-order valence-electron chi connectivity index (χ4n) is 2.40. The Kier molecular flexibility index (Phi) is 3.35. The molecule has 21 heavy (non-hydrogen) atoms. The van der Waals surface area contributed by atoms with E-state index in [-0.39, 0.29) is 17.6 Å². The first kappa shape index (κ1) is 13.2. The monoisotopic (exact) mass is 285 g/mol. The molecule has 0 saturated heterocycles. The Hall–Kier alpha value is -2.76. The molecule has 2 aromatic rings. The second-order valence-electron chi connectivity index (χ2n) is 4.87. The maximum atomic E-state index is 12.2. The SMILES string of the molecule is NC(=O)c1cc(C(=O)NC2CCOc3ccccc32)c[nH]1. The highest BCUT2D eigenvalue weighted by Gasteiger charge is 2.23. The van der Waals surface area contributed by atoms with Gasteiger partial charge in [-0.05, 0) is 12.1 Å². The fraction of sp³-hybridized carbons (Fsp3) is 0.200. The minimum Gasteiger partial charge on any atom is -0.493 e. The second kappa shape index (κ2) is 5.32. The number of hydrogen-bond acceptors (Lipinski definition) is 3. The van der Waals surface area contributed by atoms with Crippen LogP contribution in [0.5, 0.6) is 5.75 Å². The fourth-order valence-corrected chi connectivity index (χ4v) is 2.40. The Morgan fingerprint density at radius 3 is 2.90 bits per heavy atom. The van der Waals surface area contributed by atoms with Crippen LogP contribution in [0.3, 0.4) is 0 Å². The highest BCUT2D eigenvalue weighted by Crippen LogP contribution is 2.31. The summed E-state index contributed by atoms with van der Waals surface area (Å²) < 4.78 is 5.56. The van der Waals surface area contributed by atoms with Crippen molar-refractivity contribution in [1.82, 2.24) is 10.3 Å². The van der Waals surface area contributed by atoms with Crippen molar-refractivity contribution in [1.29, 1.82) is 0 Å². The third-order valence-electron chi connectivity index (χ3n) is 3.47. The molecule has 6 nitrogen and oxygen atoms in total. The van der Waals surface area contributed by atoms with Crippen LogP contribution < -0.4 is 15.8 Å². The molecule has 1 aliphatic heterocycles. The normalized spacial score (nSPS) is 16.7. The number of fused-ring (bicyclic) bond motifs is 1. The first-order valence-electron chi connectivity index (χ1n) is 6.66. The number of amides is 2. The highest BCUT2D eigenvalue weighted by molar-refractivity contribution is 5.98. The molecule has 0 aliphatic carbocycles. The maximum Gasteiger partial charge on any atom is 0.265 e. The summed E-state index contributed by atoms with van der Waals surface area (Å²) >= 11 is 0. The summed E-state index contributed by atoms with van der Waals surface area (Å²) in [4.78, 5) is 26.0. The van der Waals surface area contributed by atoms with E-state index in [1.807, 2.05) is 24.3 Å². The lowest BCUT2D eigenvalue weighted by Gasteiger charge is -2.26. The minimum atomic E-state index is -0.592. The van der Waals surface area contributed by atoms with Crippen molar-refractivity contribution < 1.29 is 14.3 Å². The number of carbonyl (C=O) groups is 2. The van der Waals surface area contributed by atoms with Crippen LogP contribution in [0.15, 0.2) is 36.5 Å². The zero-order valence-corrected chi connectivity index (χ0v) is 11.3. The number of rotatable bonds is 3. The van der Waals surface area contributed by atoms with E-state index < -0.39 is 5.91 Å². The molecule has 4 N–H and O–H groups in total. The summed E-state index contributed by atoms with van der Waals surface area (Å²) in [6, 6.07) is 8.97. The number of carbonyl (C=O) groups excluding carboxylic acids is 2. The number of nitrogens with two attached hydrogens (primary N) is 1. The first-order chi connectivity index (χ1) is 10.1. The highest BCUT2D eigenvalue weighted by atomic mass is 16.5. The maximum absolute atomic E-state index is 12.2. The number of aromatic nitrogens is 1. The summed E-state index contributed by atoms with van der Waals surface area (Å²) in [6.45, 7) is 0.557. The van der Waals surface area contributed by atoms with Gasteiger partial charge in [-0.1, -0.05) is 18.2 Å². The Labute approximate surface area is 121 Å². The lowest BCUT2D eigenvalue weighted by molar-refractivity contribution is 0.0924. The summed E-state index contributed by atoms with van der Waals surface area (Å²) in [5.74, 6) is -0.0492. The van der Waals surface area contributed by atoms with E-state index in [9.17, 15) is 9.59 Å². The van der Waals surface area contributed by atoms with Crippen molar-refractivity contribution in [3.8, 4) is 5.75 Å². The summed E-state index contributed by atoms with van der Waals surface area (Å²) in [7, 11) is 0. The van der Waals surface area contributed by atoms with E-state index in [1.165, 1.54) is 12.3 Å². The minimum absolute atomic E-state index is 0.102. The van der Waals surface area contributed by atoms with Crippen LogP contribution in [0.2, 0.25) is 0 Å². The van der Waals surface area contributed by atoms with Crippen LogP contribution in [-0.4, -0.2) is 23.4 Å².